The number of benzene rings is 1. The lowest BCUT2D eigenvalue weighted by Crippen LogP contribution is -2.19. The Labute approximate surface area is 189 Å². The first-order valence-corrected chi connectivity index (χ1v) is 10.3. The van der Waals surface area contributed by atoms with Gasteiger partial charge in [0, 0.05) is 23.6 Å². The molecule has 2 atom stereocenters. The zero-order valence-electron chi connectivity index (χ0n) is 18.1. The number of hydrogen-bond donors (Lipinski definition) is 4. The lowest BCUT2D eigenvalue weighted by molar-refractivity contribution is -0.139. The number of carboxylic acid groups (broad SMARTS) is 1. The summed E-state index contributed by atoms with van der Waals surface area (Å²) in [6.07, 6.45) is 1.61. The quantitative estimate of drug-likeness (QED) is 0.359. The van der Waals surface area contributed by atoms with Gasteiger partial charge in [0.05, 0.1) is 30.0 Å². The minimum Gasteiger partial charge on any atom is -0.481 e. The van der Waals surface area contributed by atoms with Crippen molar-refractivity contribution in [3.63, 3.8) is 0 Å². The van der Waals surface area contributed by atoms with Crippen molar-refractivity contribution in [2.24, 2.45) is 0 Å². The molecule has 0 aliphatic rings. The van der Waals surface area contributed by atoms with E-state index in [9.17, 15) is 19.4 Å². The average Bonchev–Trinajstić information content (AvgIpc) is 3.25. The van der Waals surface area contributed by atoms with Crippen molar-refractivity contribution < 1.29 is 29.0 Å². The second kappa shape index (κ2) is 10.8. The van der Waals surface area contributed by atoms with E-state index in [1.807, 2.05) is 13.8 Å². The number of rotatable bonds is 10. The van der Waals surface area contributed by atoms with E-state index in [1.54, 1.807) is 24.3 Å². The molecule has 0 amide bonds. The van der Waals surface area contributed by atoms with Gasteiger partial charge in [0.15, 0.2) is 5.82 Å². The molecular weight excluding hydrogens is 431 g/mol. The number of carboxylic acids is 1. The Hall–Kier alpha value is -3.63. The third-order valence-corrected chi connectivity index (χ3v) is 4.73. The van der Waals surface area contributed by atoms with Crippen molar-refractivity contribution in [3.8, 4) is 11.3 Å². The number of nitrogens with one attached hydrogen (secondary N) is 1. The third kappa shape index (κ3) is 6.67. The molecule has 0 saturated heterocycles. The second-order valence-electron chi connectivity index (χ2n) is 7.78. The summed E-state index contributed by atoms with van der Waals surface area (Å²) in [6.45, 7) is 3.89. The molecule has 0 unspecified atom stereocenters. The first-order valence-electron chi connectivity index (χ1n) is 10.3. The third-order valence-electron chi connectivity index (χ3n) is 4.73. The fraction of sp³-hybridized carbons (Fsp3) is 0.304. The summed E-state index contributed by atoms with van der Waals surface area (Å²) >= 11 is 0. The van der Waals surface area contributed by atoms with Crippen LogP contribution in [0, 0.1) is 5.82 Å². The molecule has 2 heterocycles. The van der Waals surface area contributed by atoms with Crippen LogP contribution in [0.2, 0.25) is 0 Å². The van der Waals surface area contributed by atoms with Gasteiger partial charge in [-0.25, -0.2) is 14.4 Å². The molecule has 9 nitrogen and oxygen atoms in total. The van der Waals surface area contributed by atoms with Crippen LogP contribution in [0.15, 0.2) is 47.2 Å². The number of aromatic nitrogens is 3. The van der Waals surface area contributed by atoms with E-state index in [0.29, 0.717) is 28.3 Å². The number of nitrogens with zero attached hydrogens (tertiary/aromatic N) is 3. The van der Waals surface area contributed by atoms with Gasteiger partial charge in [-0.15, -0.1) is 0 Å². The molecule has 33 heavy (non-hydrogen) atoms. The molecule has 10 heteroatoms. The Morgan fingerprint density at radius 2 is 1.91 bits per heavy atom. The lowest BCUT2D eigenvalue weighted by Gasteiger charge is -2.17. The highest BCUT2D eigenvalue weighted by Crippen LogP contribution is 2.31. The van der Waals surface area contributed by atoms with Crippen LogP contribution < -0.4 is 5.32 Å². The van der Waals surface area contributed by atoms with Gasteiger partial charge >= 0.3 is 5.97 Å². The number of aliphatic hydroxyl groups excluding tert-OH is 2. The summed E-state index contributed by atoms with van der Waals surface area (Å²) < 4.78 is 18.4. The van der Waals surface area contributed by atoms with E-state index in [2.05, 4.69) is 20.4 Å². The molecule has 0 radical (unpaired) electrons. The van der Waals surface area contributed by atoms with Crippen molar-refractivity contribution in [1.29, 1.82) is 0 Å². The van der Waals surface area contributed by atoms with Gasteiger partial charge < -0.3 is 25.2 Å². The number of hydrogen-bond acceptors (Lipinski definition) is 8. The summed E-state index contributed by atoms with van der Waals surface area (Å²) in [4.78, 5) is 19.9. The van der Waals surface area contributed by atoms with Crippen LogP contribution in [0.5, 0.6) is 0 Å². The minimum atomic E-state index is -1.19. The van der Waals surface area contributed by atoms with E-state index in [4.69, 9.17) is 9.63 Å². The Balaban J connectivity index is 2.02. The van der Waals surface area contributed by atoms with Gasteiger partial charge in [0.2, 0.25) is 5.95 Å². The van der Waals surface area contributed by atoms with E-state index in [-0.39, 0.29) is 18.3 Å². The Bertz CT molecular complexity index is 1100. The fourth-order valence-electron chi connectivity index (χ4n) is 3.22. The molecule has 0 saturated carbocycles. The molecule has 0 aliphatic heterocycles. The fourth-order valence-corrected chi connectivity index (χ4v) is 3.22. The normalized spacial score (nSPS) is 13.4. The maximum Gasteiger partial charge on any atom is 0.305 e. The molecule has 4 N–H and O–H groups in total. The van der Waals surface area contributed by atoms with Crippen molar-refractivity contribution >= 4 is 23.8 Å². The largest absolute Gasteiger partial charge is 0.481 e. The van der Waals surface area contributed by atoms with Crippen LogP contribution in [0.25, 0.3) is 17.3 Å². The van der Waals surface area contributed by atoms with E-state index < -0.39 is 30.4 Å². The summed E-state index contributed by atoms with van der Waals surface area (Å²) in [6, 6.07) is 7.43. The van der Waals surface area contributed by atoms with Crippen LogP contribution in [0.3, 0.4) is 0 Å². The molecule has 0 fully saturated rings. The number of halogens is 1. The van der Waals surface area contributed by atoms with Crippen LogP contribution in [-0.4, -0.2) is 48.6 Å². The zero-order valence-corrected chi connectivity index (χ0v) is 18.1. The van der Waals surface area contributed by atoms with E-state index in [0.717, 1.165) is 0 Å². The van der Waals surface area contributed by atoms with E-state index in [1.165, 1.54) is 24.5 Å². The van der Waals surface area contributed by atoms with Crippen LogP contribution in [-0.2, 0) is 4.79 Å². The van der Waals surface area contributed by atoms with Crippen molar-refractivity contribution in [1.82, 2.24) is 15.1 Å². The van der Waals surface area contributed by atoms with Gasteiger partial charge in [-0.2, -0.15) is 0 Å². The zero-order chi connectivity index (χ0) is 24.0. The van der Waals surface area contributed by atoms with Crippen LogP contribution in [0.1, 0.15) is 43.9 Å². The molecule has 3 aromatic rings. The molecule has 3 rings (SSSR count). The molecular formula is C23H25FN4O5. The first kappa shape index (κ1) is 24.0. The van der Waals surface area contributed by atoms with Gasteiger partial charge in [0.25, 0.3) is 0 Å². The highest BCUT2D eigenvalue weighted by atomic mass is 19.1. The average molecular weight is 456 g/mol. The van der Waals surface area contributed by atoms with Gasteiger partial charge in [0.1, 0.15) is 12.1 Å². The van der Waals surface area contributed by atoms with Gasteiger partial charge in [-0.3, -0.25) is 4.79 Å². The van der Waals surface area contributed by atoms with Gasteiger partial charge in [-0.05, 0) is 30.2 Å². The SMILES string of the molecule is CC(C)c1nc(Nc2ccon2)nc(-c2ccc(F)cc2)c1/C=C/[C@@H](O)C[C@@H](O)CC(=O)O. The standard InChI is InChI=1S/C23H25FN4O5/c1-13(2)21-18(8-7-16(29)11-17(30)12-20(31)32)22(14-3-5-15(24)6-4-14)27-23(26-21)25-19-9-10-33-28-19/h3-10,13,16-17,29-30H,11-12H2,1-2H3,(H,31,32)(H,25,26,27,28)/b8-7+/t16-,17-/m1/s1. The monoisotopic (exact) mass is 456 g/mol. The van der Waals surface area contributed by atoms with Crippen LogP contribution >= 0.6 is 0 Å². The van der Waals surface area contributed by atoms with Crippen molar-refractivity contribution in [2.75, 3.05) is 5.32 Å². The molecule has 174 valence electrons. The topological polar surface area (TPSA) is 142 Å². The Morgan fingerprint density at radius 1 is 1.18 bits per heavy atom. The smallest absolute Gasteiger partial charge is 0.305 e. The highest BCUT2D eigenvalue weighted by molar-refractivity contribution is 5.75. The van der Waals surface area contributed by atoms with Crippen molar-refractivity contribution in [3.05, 3.63) is 59.7 Å². The molecule has 0 aliphatic carbocycles. The number of aliphatic carboxylic acids is 1. The lowest BCUT2D eigenvalue weighted by atomic mass is 9.97. The predicted octanol–water partition coefficient (Wildman–Crippen LogP) is 3.74. The number of aliphatic hydroxyl groups is 2. The van der Waals surface area contributed by atoms with Crippen molar-refractivity contribution in [2.45, 2.75) is 44.8 Å². The maximum atomic E-state index is 13.5. The first-order chi connectivity index (χ1) is 15.7. The molecule has 0 spiro atoms. The second-order valence-corrected chi connectivity index (χ2v) is 7.78. The molecule has 2 aromatic heterocycles. The molecule has 0 bridgehead atoms. The van der Waals surface area contributed by atoms with Crippen LogP contribution in [0.4, 0.5) is 16.2 Å². The maximum absolute atomic E-state index is 13.5. The number of carbonyl (C=O) groups is 1. The predicted molar refractivity (Wildman–Crippen MR) is 119 cm³/mol. The van der Waals surface area contributed by atoms with E-state index >= 15 is 0 Å². The summed E-state index contributed by atoms with van der Waals surface area (Å²) in [5.74, 6) is -0.900. The summed E-state index contributed by atoms with van der Waals surface area (Å²) in [5.41, 5.74) is 2.39. The summed E-state index contributed by atoms with van der Waals surface area (Å²) in [7, 11) is 0. The molecule has 1 aromatic carbocycles. The number of anilines is 2. The Morgan fingerprint density at radius 3 is 2.52 bits per heavy atom. The highest BCUT2D eigenvalue weighted by Gasteiger charge is 2.19. The van der Waals surface area contributed by atoms with Gasteiger partial charge in [-0.1, -0.05) is 31.2 Å². The Kier molecular flexibility index (Phi) is 7.86. The summed E-state index contributed by atoms with van der Waals surface area (Å²) in [5, 5.41) is 35.6. The minimum absolute atomic E-state index is 0.0422.